The molecule has 1 fully saturated rings. The van der Waals surface area contributed by atoms with Crippen molar-refractivity contribution in [3.05, 3.63) is 48.4 Å². The lowest BCUT2D eigenvalue weighted by Gasteiger charge is -2.32. The van der Waals surface area contributed by atoms with Crippen LogP contribution in [0.3, 0.4) is 0 Å². The highest BCUT2D eigenvalue weighted by Crippen LogP contribution is 2.33. The van der Waals surface area contributed by atoms with Gasteiger partial charge < -0.3 is 19.4 Å². The second-order valence-corrected chi connectivity index (χ2v) is 8.47. The topological polar surface area (TPSA) is 97.6 Å². The fourth-order valence-corrected chi connectivity index (χ4v) is 4.61. The molecule has 0 radical (unpaired) electrons. The van der Waals surface area contributed by atoms with Crippen LogP contribution in [0.1, 0.15) is 30.1 Å². The van der Waals surface area contributed by atoms with Crippen LogP contribution >= 0.6 is 11.3 Å². The third-order valence-electron chi connectivity index (χ3n) is 5.32. The van der Waals surface area contributed by atoms with E-state index in [1.54, 1.807) is 23.2 Å². The molecule has 1 saturated heterocycles. The van der Waals surface area contributed by atoms with E-state index in [9.17, 15) is 9.59 Å². The quantitative estimate of drug-likeness (QED) is 0.520. The van der Waals surface area contributed by atoms with E-state index in [-0.39, 0.29) is 17.9 Å². The van der Waals surface area contributed by atoms with E-state index in [1.165, 1.54) is 24.5 Å². The van der Waals surface area contributed by atoms with Crippen molar-refractivity contribution in [3.63, 3.8) is 0 Å². The standard InChI is InChI=1S/C22H20N4O4S/c1-13(27)24-14-6-9-26(10-7-14)21(28)17-12-29-18-11-15(4-5-16(17)18)30-22-25-20-19(31-22)3-2-8-23-20/h2-5,8,11-12,14H,6-7,9-10H2,1H3,(H,24,27). The van der Waals surface area contributed by atoms with Crippen LogP contribution in [-0.2, 0) is 4.79 Å². The number of furan rings is 1. The Morgan fingerprint density at radius 1 is 1.26 bits per heavy atom. The van der Waals surface area contributed by atoms with E-state index in [0.717, 1.165) is 22.9 Å². The van der Waals surface area contributed by atoms with Gasteiger partial charge in [-0.2, -0.15) is 4.98 Å². The average molecular weight is 436 g/mol. The number of fused-ring (bicyclic) bond motifs is 2. The Kier molecular flexibility index (Phi) is 5.03. The number of ether oxygens (including phenoxy) is 1. The van der Waals surface area contributed by atoms with Crippen molar-refractivity contribution in [1.29, 1.82) is 0 Å². The molecule has 4 aromatic rings. The number of likely N-dealkylation sites (tertiary alicyclic amines) is 1. The summed E-state index contributed by atoms with van der Waals surface area (Å²) in [6.07, 6.45) is 4.69. The molecule has 0 aliphatic carbocycles. The maximum Gasteiger partial charge on any atom is 0.281 e. The molecule has 8 nitrogen and oxygen atoms in total. The Balaban J connectivity index is 1.31. The van der Waals surface area contributed by atoms with Gasteiger partial charge in [0.15, 0.2) is 5.65 Å². The highest BCUT2D eigenvalue weighted by atomic mass is 32.1. The molecule has 5 rings (SSSR count). The van der Waals surface area contributed by atoms with E-state index in [4.69, 9.17) is 9.15 Å². The van der Waals surface area contributed by atoms with Crippen molar-refractivity contribution < 1.29 is 18.7 Å². The van der Waals surface area contributed by atoms with Crippen molar-refractivity contribution >= 4 is 44.5 Å². The molecule has 9 heteroatoms. The highest BCUT2D eigenvalue weighted by molar-refractivity contribution is 7.20. The van der Waals surface area contributed by atoms with Crippen molar-refractivity contribution in [2.45, 2.75) is 25.8 Å². The average Bonchev–Trinajstić information content (AvgIpc) is 3.36. The SMILES string of the molecule is CC(=O)NC1CCN(C(=O)c2coc3cc(Oc4nc5ncccc5s4)ccc23)CC1. The molecule has 0 spiro atoms. The number of nitrogens with zero attached hydrogens (tertiary/aromatic N) is 3. The van der Waals surface area contributed by atoms with Gasteiger partial charge in [0.05, 0.1) is 10.3 Å². The smallest absolute Gasteiger partial charge is 0.281 e. The van der Waals surface area contributed by atoms with E-state index < -0.39 is 0 Å². The molecule has 31 heavy (non-hydrogen) atoms. The first kappa shape index (κ1) is 19.5. The number of aromatic nitrogens is 2. The Morgan fingerprint density at radius 3 is 2.87 bits per heavy atom. The lowest BCUT2D eigenvalue weighted by molar-refractivity contribution is -0.119. The molecule has 4 heterocycles. The molecular formula is C22H20N4O4S. The van der Waals surface area contributed by atoms with Gasteiger partial charge in [-0.3, -0.25) is 9.59 Å². The zero-order valence-electron chi connectivity index (χ0n) is 16.8. The summed E-state index contributed by atoms with van der Waals surface area (Å²) in [6.45, 7) is 2.72. The molecule has 1 aliphatic heterocycles. The van der Waals surface area contributed by atoms with E-state index in [0.29, 0.717) is 40.8 Å². The van der Waals surface area contributed by atoms with Crippen LogP contribution < -0.4 is 10.1 Å². The van der Waals surface area contributed by atoms with Gasteiger partial charge in [-0.25, -0.2) is 4.98 Å². The Labute approximate surface area is 181 Å². The summed E-state index contributed by atoms with van der Waals surface area (Å²) in [6, 6.07) is 9.32. The number of hydrogen-bond acceptors (Lipinski definition) is 7. The molecule has 1 aromatic carbocycles. The van der Waals surface area contributed by atoms with Crippen LogP contribution in [0.15, 0.2) is 47.2 Å². The molecule has 0 bridgehead atoms. The molecule has 2 amide bonds. The lowest BCUT2D eigenvalue weighted by atomic mass is 10.0. The van der Waals surface area contributed by atoms with Gasteiger partial charge in [0, 0.05) is 43.7 Å². The number of hydrogen-bond donors (Lipinski definition) is 1. The first-order chi connectivity index (χ1) is 15.1. The first-order valence-corrected chi connectivity index (χ1v) is 10.9. The number of benzene rings is 1. The van der Waals surface area contributed by atoms with Gasteiger partial charge in [0.2, 0.25) is 5.91 Å². The minimum Gasteiger partial charge on any atom is -0.463 e. The summed E-state index contributed by atoms with van der Waals surface area (Å²) in [4.78, 5) is 34.6. The molecule has 1 N–H and O–H groups in total. The molecule has 0 unspecified atom stereocenters. The number of nitrogens with one attached hydrogen (secondary N) is 1. The minimum absolute atomic E-state index is 0.0364. The van der Waals surface area contributed by atoms with Gasteiger partial charge in [0.25, 0.3) is 11.1 Å². The lowest BCUT2D eigenvalue weighted by Crippen LogP contribution is -2.46. The summed E-state index contributed by atoms with van der Waals surface area (Å²) >= 11 is 1.42. The fourth-order valence-electron chi connectivity index (χ4n) is 3.82. The zero-order valence-corrected chi connectivity index (χ0v) is 17.6. The predicted molar refractivity (Wildman–Crippen MR) is 116 cm³/mol. The molecule has 3 aromatic heterocycles. The number of thiazole rings is 1. The second kappa shape index (κ2) is 7.99. The van der Waals surface area contributed by atoms with E-state index in [2.05, 4.69) is 15.3 Å². The maximum absolute atomic E-state index is 13.0. The van der Waals surface area contributed by atoms with Gasteiger partial charge in [-0.05, 0) is 37.1 Å². The molecule has 158 valence electrons. The molecule has 0 atom stereocenters. The second-order valence-electron chi connectivity index (χ2n) is 7.48. The number of amides is 2. The summed E-state index contributed by atoms with van der Waals surface area (Å²) in [5, 5.41) is 4.16. The van der Waals surface area contributed by atoms with Crippen molar-refractivity contribution in [1.82, 2.24) is 20.2 Å². The molecular weight excluding hydrogens is 416 g/mol. The van der Waals surface area contributed by atoms with Crippen LogP contribution in [0.25, 0.3) is 21.3 Å². The van der Waals surface area contributed by atoms with Gasteiger partial charge in [-0.15, -0.1) is 0 Å². The number of piperidine rings is 1. The number of carbonyl (C=O) groups is 2. The van der Waals surface area contributed by atoms with Gasteiger partial charge in [-0.1, -0.05) is 11.3 Å². The van der Waals surface area contributed by atoms with Gasteiger partial charge in [0.1, 0.15) is 17.6 Å². The third kappa shape index (κ3) is 3.96. The Morgan fingerprint density at radius 2 is 2.10 bits per heavy atom. The van der Waals surface area contributed by atoms with Crippen LogP contribution in [0.4, 0.5) is 0 Å². The predicted octanol–water partition coefficient (Wildman–Crippen LogP) is 3.97. The summed E-state index contributed by atoms with van der Waals surface area (Å²) in [7, 11) is 0. The maximum atomic E-state index is 13.0. The minimum atomic E-state index is -0.0639. The Bertz CT molecular complexity index is 1240. The normalized spacial score (nSPS) is 14.8. The van der Waals surface area contributed by atoms with Crippen molar-refractivity contribution in [3.8, 4) is 10.9 Å². The largest absolute Gasteiger partial charge is 0.463 e. The van der Waals surface area contributed by atoms with E-state index in [1.807, 2.05) is 18.2 Å². The summed E-state index contributed by atoms with van der Waals surface area (Å²) < 4.78 is 12.5. The van der Waals surface area contributed by atoms with Crippen LogP contribution in [0.5, 0.6) is 10.9 Å². The fraction of sp³-hybridized carbons (Fsp3) is 0.273. The monoisotopic (exact) mass is 436 g/mol. The van der Waals surface area contributed by atoms with Crippen LogP contribution in [0.2, 0.25) is 0 Å². The first-order valence-electron chi connectivity index (χ1n) is 10.0. The number of pyridine rings is 1. The van der Waals surface area contributed by atoms with Crippen molar-refractivity contribution in [2.24, 2.45) is 0 Å². The summed E-state index contributed by atoms with van der Waals surface area (Å²) in [5.41, 5.74) is 1.76. The van der Waals surface area contributed by atoms with Gasteiger partial charge >= 0.3 is 0 Å². The number of carbonyl (C=O) groups excluding carboxylic acids is 2. The van der Waals surface area contributed by atoms with E-state index >= 15 is 0 Å². The highest BCUT2D eigenvalue weighted by Gasteiger charge is 2.26. The Hall–Kier alpha value is -3.46. The van der Waals surface area contributed by atoms with Crippen LogP contribution in [-0.4, -0.2) is 45.8 Å². The zero-order chi connectivity index (χ0) is 21.4. The molecule has 1 aliphatic rings. The molecule has 0 saturated carbocycles. The van der Waals surface area contributed by atoms with Crippen LogP contribution in [0, 0.1) is 0 Å². The van der Waals surface area contributed by atoms with Crippen molar-refractivity contribution in [2.75, 3.05) is 13.1 Å². The summed E-state index contributed by atoms with van der Waals surface area (Å²) in [5.74, 6) is 0.479. The number of rotatable bonds is 4. The third-order valence-corrected chi connectivity index (χ3v) is 6.21.